The van der Waals surface area contributed by atoms with Gasteiger partial charge in [0.1, 0.15) is 36.3 Å². The molecule has 22 nitrogen and oxygen atoms in total. The number of nitrogens with zero attached hydrogens (tertiary/aromatic N) is 2. The average Bonchev–Trinajstić information content (AvgIpc) is 4.06. The molecule has 1 aliphatic rings. The quantitative estimate of drug-likeness (QED) is 0.0489. The first kappa shape index (κ1) is 56.1. The molecular weight excluding hydrogens is 991 g/mol. The van der Waals surface area contributed by atoms with Crippen LogP contribution in [0.25, 0.3) is 10.9 Å². The predicted octanol–water partition coefficient (Wildman–Crippen LogP) is -1.16. The van der Waals surface area contributed by atoms with E-state index >= 15 is 0 Å². The lowest BCUT2D eigenvalue weighted by molar-refractivity contribution is -0.140. The number of aromatic amines is 2. The Kier molecular flexibility index (Phi) is 21.0. The Labute approximate surface area is 435 Å². The molecule has 3 aromatic carbocycles. The summed E-state index contributed by atoms with van der Waals surface area (Å²) in [5.41, 5.74) is 21.1. The second kappa shape index (κ2) is 27.7. The van der Waals surface area contributed by atoms with Crippen molar-refractivity contribution >= 4 is 79.7 Å². The average molecular weight is 1050 g/mol. The number of imidazole rings is 1. The van der Waals surface area contributed by atoms with Gasteiger partial charge in [-0.05, 0) is 49.1 Å². The first-order valence-electron chi connectivity index (χ1n) is 24.0. The van der Waals surface area contributed by atoms with Gasteiger partial charge in [0.15, 0.2) is 0 Å². The molecule has 8 atom stereocenters. The van der Waals surface area contributed by atoms with Crippen molar-refractivity contribution in [2.75, 3.05) is 31.1 Å². The van der Waals surface area contributed by atoms with Crippen LogP contribution in [0, 0.1) is 0 Å². The molecule has 0 saturated carbocycles. The van der Waals surface area contributed by atoms with Crippen molar-refractivity contribution in [1.82, 2.24) is 51.8 Å². The minimum atomic E-state index is -1.56. The molecule has 74 heavy (non-hydrogen) atoms. The molecule has 2 aromatic heterocycles. The lowest BCUT2D eigenvalue weighted by Gasteiger charge is -2.30. The number of aliphatic hydroxyl groups is 1. The molecule has 0 aliphatic carbocycles. The summed E-state index contributed by atoms with van der Waals surface area (Å²) in [4.78, 5) is 125. The van der Waals surface area contributed by atoms with Gasteiger partial charge in [-0.15, -0.1) is 0 Å². The Morgan fingerprint density at radius 1 is 0.797 bits per heavy atom. The number of primary amides is 1. The van der Waals surface area contributed by atoms with Gasteiger partial charge in [-0.1, -0.05) is 100 Å². The zero-order chi connectivity index (χ0) is 53.1. The number of para-hydroxylation sites is 1. The zero-order valence-corrected chi connectivity index (χ0v) is 42.3. The SMILES string of the molecule is C[C@@H](O)[C@H](NC(=O)[C@H]1CSSC[C@H](NC(=O)[C@H](N)Cc2ccccc2)C(=O)N[C@@H](Cc2cnc[nH]2)C(=O)N[C@@H](Cc2ccccc2)C(=O)N(CCCN)CC(=O)N[C@H](Cc2c[nH]c3ccccc23)C(=O)N1)C(N)=O. The van der Waals surface area contributed by atoms with Crippen molar-refractivity contribution in [3.05, 3.63) is 126 Å². The smallest absolute Gasteiger partial charge is 0.245 e. The highest BCUT2D eigenvalue weighted by atomic mass is 33.1. The fraction of sp³-hybridized carbons (Fsp3) is 0.380. The van der Waals surface area contributed by atoms with Gasteiger partial charge < -0.3 is 69.1 Å². The number of rotatable bonds is 17. The number of nitrogens with one attached hydrogen (secondary N) is 8. The van der Waals surface area contributed by atoms with E-state index in [-0.39, 0.29) is 56.7 Å². The van der Waals surface area contributed by atoms with Crippen molar-refractivity contribution in [2.24, 2.45) is 17.2 Å². The zero-order valence-electron chi connectivity index (χ0n) is 40.7. The van der Waals surface area contributed by atoms with E-state index in [0.29, 0.717) is 16.8 Å². The lowest BCUT2D eigenvalue weighted by atomic mass is 10.0. The van der Waals surface area contributed by atoms with Crippen molar-refractivity contribution < 1.29 is 43.5 Å². The molecule has 0 unspecified atom stereocenters. The minimum Gasteiger partial charge on any atom is -0.391 e. The van der Waals surface area contributed by atoms with Crippen molar-refractivity contribution in [1.29, 1.82) is 0 Å². The minimum absolute atomic E-state index is 0.0350. The summed E-state index contributed by atoms with van der Waals surface area (Å²) in [5, 5.41) is 27.3. The maximum Gasteiger partial charge on any atom is 0.245 e. The van der Waals surface area contributed by atoms with E-state index in [0.717, 1.165) is 38.1 Å². The largest absolute Gasteiger partial charge is 0.391 e. The van der Waals surface area contributed by atoms with Crippen LogP contribution in [0.15, 0.2) is 104 Å². The summed E-state index contributed by atoms with van der Waals surface area (Å²) >= 11 is 0. The molecule has 15 N–H and O–H groups in total. The van der Waals surface area contributed by atoms with Crippen LogP contribution < -0.4 is 49.1 Å². The number of nitrogens with two attached hydrogens (primary N) is 3. The number of carbonyl (C=O) groups is 8. The number of H-pyrrole nitrogens is 2. The van der Waals surface area contributed by atoms with Gasteiger partial charge in [0.25, 0.3) is 0 Å². The van der Waals surface area contributed by atoms with Gasteiger partial charge in [-0.3, -0.25) is 38.4 Å². The summed E-state index contributed by atoms with van der Waals surface area (Å²) in [6, 6.07) is 15.6. The number of hydrogen-bond acceptors (Lipinski definition) is 14. The summed E-state index contributed by atoms with van der Waals surface area (Å²) < 4.78 is 0. The molecule has 6 rings (SSSR count). The normalized spacial score (nSPS) is 21.0. The third-order valence-corrected chi connectivity index (χ3v) is 14.5. The third kappa shape index (κ3) is 16.4. The van der Waals surface area contributed by atoms with Gasteiger partial charge in [0.05, 0.1) is 25.0 Å². The van der Waals surface area contributed by atoms with Crippen LogP contribution in [-0.4, -0.2) is 152 Å². The van der Waals surface area contributed by atoms with Gasteiger partial charge in [-0.2, -0.15) is 0 Å². The fourth-order valence-corrected chi connectivity index (χ4v) is 10.5. The van der Waals surface area contributed by atoms with E-state index in [9.17, 15) is 43.5 Å². The van der Waals surface area contributed by atoms with E-state index in [2.05, 4.69) is 46.9 Å². The first-order chi connectivity index (χ1) is 35.6. The Morgan fingerprint density at radius 3 is 2.12 bits per heavy atom. The summed E-state index contributed by atoms with van der Waals surface area (Å²) in [7, 11) is 2.04. The maximum absolute atomic E-state index is 14.9. The van der Waals surface area contributed by atoms with E-state index in [4.69, 9.17) is 17.2 Å². The molecule has 0 spiro atoms. The van der Waals surface area contributed by atoms with Crippen LogP contribution in [0.4, 0.5) is 0 Å². The first-order valence-corrected chi connectivity index (χ1v) is 26.5. The molecule has 1 aliphatic heterocycles. The Morgan fingerprint density at radius 2 is 1.45 bits per heavy atom. The summed E-state index contributed by atoms with van der Waals surface area (Å²) in [6.07, 6.45) is 3.23. The molecule has 24 heteroatoms. The van der Waals surface area contributed by atoms with Crippen molar-refractivity contribution in [3.8, 4) is 0 Å². The van der Waals surface area contributed by atoms with Crippen LogP contribution in [0.1, 0.15) is 35.7 Å². The highest BCUT2D eigenvalue weighted by Gasteiger charge is 2.36. The van der Waals surface area contributed by atoms with E-state index < -0.39 is 102 Å². The molecule has 0 bridgehead atoms. The Balaban J connectivity index is 1.40. The van der Waals surface area contributed by atoms with Gasteiger partial charge in [0.2, 0.25) is 47.3 Å². The molecule has 1 saturated heterocycles. The molecule has 5 aromatic rings. The topological polar surface area (TPSA) is 355 Å². The molecule has 0 radical (unpaired) electrons. The number of amides is 8. The highest BCUT2D eigenvalue weighted by Crippen LogP contribution is 2.25. The Bertz CT molecular complexity index is 2700. The second-order valence-corrected chi connectivity index (χ2v) is 20.3. The van der Waals surface area contributed by atoms with Gasteiger partial charge in [-0.25, -0.2) is 4.98 Å². The van der Waals surface area contributed by atoms with Crippen LogP contribution >= 0.6 is 21.6 Å². The lowest BCUT2D eigenvalue weighted by Crippen LogP contribution is -2.60. The number of benzene rings is 3. The number of carbonyl (C=O) groups excluding carboxylic acids is 8. The molecule has 3 heterocycles. The monoisotopic (exact) mass is 1050 g/mol. The molecule has 394 valence electrons. The summed E-state index contributed by atoms with van der Waals surface area (Å²) in [6.45, 7) is 0.752. The molecule has 1 fully saturated rings. The third-order valence-electron chi connectivity index (χ3n) is 12.1. The van der Waals surface area contributed by atoms with Crippen LogP contribution in [-0.2, 0) is 64.0 Å². The van der Waals surface area contributed by atoms with Gasteiger partial charge >= 0.3 is 0 Å². The number of fused-ring (bicyclic) bond motifs is 1. The predicted molar refractivity (Wildman–Crippen MR) is 280 cm³/mol. The Hall–Kier alpha value is -7.25. The highest BCUT2D eigenvalue weighted by molar-refractivity contribution is 8.76. The van der Waals surface area contributed by atoms with Crippen molar-refractivity contribution in [2.45, 2.75) is 87.4 Å². The number of hydrogen-bond donors (Lipinski definition) is 12. The van der Waals surface area contributed by atoms with Gasteiger partial charge in [0, 0.05) is 66.3 Å². The molecular formula is C50H63N13O9S2. The van der Waals surface area contributed by atoms with E-state index in [1.54, 1.807) is 60.8 Å². The van der Waals surface area contributed by atoms with Crippen molar-refractivity contribution in [3.63, 3.8) is 0 Å². The fourth-order valence-electron chi connectivity index (χ4n) is 8.13. The van der Waals surface area contributed by atoms with Crippen LogP contribution in [0.5, 0.6) is 0 Å². The standard InChI is InChI=1S/C50H63N13O9S2/c1-29(64)43(44(53)66)62-49(71)41-27-74-73-26-40(60-45(67)35(52)19-30-11-4-2-5-12-30)48(70)58-38(22-33-24-54-28-56-33)47(69)59-39(20-31-13-6-3-7-14-31)50(72)63(18-10-17-51)25-42(65)57-37(46(68)61-41)21-32-23-55-36-16-9-8-15-34(32)36/h2-9,11-16,23-24,28-29,35,37-41,43,55,64H,10,17-22,25-27,51-52H2,1H3,(H2,53,66)(H,54,56)(H,57,65)(H,58,70)(H,59,69)(H,60,67)(H,61,68)(H,62,71)/t29-,35-,37-,38+,39+,40+,41-,43+/m1/s1. The van der Waals surface area contributed by atoms with E-state index in [1.807, 2.05) is 30.3 Å². The van der Waals surface area contributed by atoms with Crippen LogP contribution in [0.3, 0.4) is 0 Å². The summed E-state index contributed by atoms with van der Waals surface area (Å²) in [5.74, 6) is -6.89. The number of aromatic nitrogens is 3. The molecule has 8 amide bonds. The maximum atomic E-state index is 14.9. The number of aliphatic hydroxyl groups excluding tert-OH is 1. The van der Waals surface area contributed by atoms with E-state index in [1.165, 1.54) is 24.3 Å². The van der Waals surface area contributed by atoms with Crippen LogP contribution in [0.2, 0.25) is 0 Å². The second-order valence-electron chi connectivity index (χ2n) is 17.8.